The van der Waals surface area contributed by atoms with Gasteiger partial charge < -0.3 is 5.32 Å². The highest BCUT2D eigenvalue weighted by Crippen LogP contribution is 2.18. The molecule has 1 unspecified atom stereocenters. The van der Waals surface area contributed by atoms with Crippen LogP contribution in [0.5, 0.6) is 0 Å². The van der Waals surface area contributed by atoms with Crippen molar-refractivity contribution in [3.8, 4) is 0 Å². The van der Waals surface area contributed by atoms with Gasteiger partial charge in [0.2, 0.25) is 5.91 Å². The molecule has 3 rings (SSSR count). The van der Waals surface area contributed by atoms with Crippen molar-refractivity contribution in [2.24, 2.45) is 0 Å². The van der Waals surface area contributed by atoms with E-state index in [0.717, 1.165) is 50.6 Å². The summed E-state index contributed by atoms with van der Waals surface area (Å²) in [7, 11) is 0. The molecule has 0 spiro atoms. The predicted octanol–water partition coefficient (Wildman–Crippen LogP) is 2.90. The van der Waals surface area contributed by atoms with Crippen molar-refractivity contribution < 1.29 is 4.79 Å². The van der Waals surface area contributed by atoms with Crippen molar-refractivity contribution in [3.63, 3.8) is 0 Å². The normalized spacial score (nSPS) is 21.8. The molecule has 5 heteroatoms. The van der Waals surface area contributed by atoms with Gasteiger partial charge in [-0.3, -0.25) is 14.6 Å². The first-order valence-electron chi connectivity index (χ1n) is 9.13. The summed E-state index contributed by atoms with van der Waals surface area (Å²) in [6, 6.07) is 8.45. The van der Waals surface area contributed by atoms with E-state index >= 15 is 0 Å². The minimum atomic E-state index is -0.0288. The number of piperazine rings is 1. The number of benzene rings is 1. The molecule has 2 fully saturated rings. The molecule has 4 nitrogen and oxygen atoms in total. The molecule has 0 bridgehead atoms. The molecule has 0 aromatic heterocycles. The summed E-state index contributed by atoms with van der Waals surface area (Å²) in [6.45, 7) is 6.84. The monoisotopic (exact) mass is 349 g/mol. The van der Waals surface area contributed by atoms with Crippen LogP contribution >= 0.6 is 11.6 Å². The number of nitrogens with zero attached hydrogens (tertiary/aromatic N) is 2. The van der Waals surface area contributed by atoms with Crippen molar-refractivity contribution in [3.05, 3.63) is 34.9 Å². The second-order valence-corrected chi connectivity index (χ2v) is 7.54. The van der Waals surface area contributed by atoms with Crippen LogP contribution in [0.1, 0.15) is 38.2 Å². The number of carbonyl (C=O) groups is 1. The zero-order chi connectivity index (χ0) is 16.9. The first-order chi connectivity index (χ1) is 11.6. The number of hydrogen-bond acceptors (Lipinski definition) is 3. The molecule has 1 N–H and O–H groups in total. The molecule has 24 heavy (non-hydrogen) atoms. The van der Waals surface area contributed by atoms with Crippen LogP contribution in [0, 0.1) is 0 Å². The Balaban J connectivity index is 1.44. The van der Waals surface area contributed by atoms with Gasteiger partial charge in [0.05, 0.1) is 6.04 Å². The molecular formula is C19H28ClN3O. The van der Waals surface area contributed by atoms with Crippen LogP contribution in [-0.2, 0) is 11.3 Å². The van der Waals surface area contributed by atoms with Crippen LogP contribution in [0.2, 0.25) is 5.02 Å². The lowest BCUT2D eigenvalue weighted by Crippen LogP contribution is -2.54. The number of carbonyl (C=O) groups excluding carboxylic acids is 1. The largest absolute Gasteiger partial charge is 0.352 e. The molecule has 1 saturated heterocycles. The molecule has 1 amide bonds. The van der Waals surface area contributed by atoms with Crippen LogP contribution in [0.25, 0.3) is 0 Å². The zero-order valence-corrected chi connectivity index (χ0v) is 15.3. The van der Waals surface area contributed by atoms with E-state index in [1.807, 2.05) is 25.1 Å². The number of halogens is 1. The topological polar surface area (TPSA) is 35.6 Å². The lowest BCUT2D eigenvalue weighted by molar-refractivity contribution is -0.127. The lowest BCUT2D eigenvalue weighted by Gasteiger charge is -2.37. The molecule has 1 aliphatic heterocycles. The summed E-state index contributed by atoms with van der Waals surface area (Å²) in [5.74, 6) is 0.199. The maximum atomic E-state index is 12.4. The van der Waals surface area contributed by atoms with Crippen LogP contribution in [-0.4, -0.2) is 54.0 Å². The Hall–Kier alpha value is -1.10. The van der Waals surface area contributed by atoms with Crippen LogP contribution in [0.15, 0.2) is 24.3 Å². The average molecular weight is 350 g/mol. The second kappa shape index (κ2) is 8.32. The van der Waals surface area contributed by atoms with Crippen molar-refractivity contribution in [1.29, 1.82) is 0 Å². The summed E-state index contributed by atoms with van der Waals surface area (Å²) in [6.07, 6.45) is 4.79. The molecule has 1 aromatic rings. The second-order valence-electron chi connectivity index (χ2n) is 7.11. The minimum Gasteiger partial charge on any atom is -0.352 e. The number of nitrogens with one attached hydrogen (secondary N) is 1. The molecule has 1 atom stereocenters. The maximum absolute atomic E-state index is 12.4. The zero-order valence-electron chi connectivity index (χ0n) is 14.5. The Morgan fingerprint density at radius 1 is 1.25 bits per heavy atom. The predicted molar refractivity (Wildman–Crippen MR) is 98.2 cm³/mol. The van der Waals surface area contributed by atoms with E-state index in [1.54, 1.807) is 0 Å². The molecule has 1 aromatic carbocycles. The van der Waals surface area contributed by atoms with E-state index in [2.05, 4.69) is 21.2 Å². The van der Waals surface area contributed by atoms with Gasteiger partial charge in [0, 0.05) is 43.8 Å². The fraction of sp³-hybridized carbons (Fsp3) is 0.632. The molecule has 1 aliphatic carbocycles. The fourth-order valence-corrected chi connectivity index (χ4v) is 3.97. The summed E-state index contributed by atoms with van der Waals surface area (Å²) >= 11 is 6.06. The van der Waals surface area contributed by atoms with Crippen LogP contribution in [0.4, 0.5) is 0 Å². The third kappa shape index (κ3) is 4.71. The highest BCUT2D eigenvalue weighted by molar-refractivity contribution is 6.30. The SMILES string of the molecule is CC(C(=O)NC1CCCC1)N1CCN(Cc2cccc(Cl)c2)CC1. The standard InChI is InChI=1S/C19H28ClN3O/c1-15(19(24)21-18-7-2-3-8-18)23-11-9-22(10-12-23)14-16-5-4-6-17(20)13-16/h4-6,13,15,18H,2-3,7-12,14H2,1H3,(H,21,24). The highest BCUT2D eigenvalue weighted by atomic mass is 35.5. The highest BCUT2D eigenvalue weighted by Gasteiger charge is 2.27. The Bertz CT molecular complexity index is 551. The van der Waals surface area contributed by atoms with Gasteiger partial charge in [0.15, 0.2) is 0 Å². The van der Waals surface area contributed by atoms with Crippen molar-refractivity contribution in [1.82, 2.24) is 15.1 Å². The summed E-state index contributed by atoms with van der Waals surface area (Å²) in [5.41, 5.74) is 1.25. The Morgan fingerprint density at radius 3 is 2.62 bits per heavy atom. The Morgan fingerprint density at radius 2 is 1.96 bits per heavy atom. The van der Waals surface area contributed by atoms with Gasteiger partial charge in [0.1, 0.15) is 0 Å². The number of hydrogen-bond donors (Lipinski definition) is 1. The van der Waals surface area contributed by atoms with Gasteiger partial charge in [0.25, 0.3) is 0 Å². The number of rotatable bonds is 5. The summed E-state index contributed by atoms with van der Waals surface area (Å²) in [4.78, 5) is 17.2. The van der Waals surface area contributed by atoms with Crippen molar-refractivity contribution in [2.75, 3.05) is 26.2 Å². The van der Waals surface area contributed by atoms with Gasteiger partial charge in [-0.15, -0.1) is 0 Å². The fourth-order valence-electron chi connectivity index (χ4n) is 3.76. The molecule has 1 saturated carbocycles. The van der Waals surface area contributed by atoms with Crippen molar-refractivity contribution >= 4 is 17.5 Å². The Kier molecular flexibility index (Phi) is 6.14. The number of amides is 1. The van der Waals surface area contributed by atoms with Gasteiger partial charge >= 0.3 is 0 Å². The first-order valence-corrected chi connectivity index (χ1v) is 9.51. The van der Waals surface area contributed by atoms with Crippen LogP contribution in [0.3, 0.4) is 0 Å². The van der Waals surface area contributed by atoms with Crippen molar-refractivity contribution in [2.45, 2.75) is 51.2 Å². The van der Waals surface area contributed by atoms with Gasteiger partial charge in [-0.2, -0.15) is 0 Å². The lowest BCUT2D eigenvalue weighted by atomic mass is 10.1. The molecule has 0 radical (unpaired) electrons. The Labute approximate surface area is 150 Å². The first kappa shape index (κ1) is 17.7. The van der Waals surface area contributed by atoms with Crippen LogP contribution < -0.4 is 5.32 Å². The minimum absolute atomic E-state index is 0.0288. The van der Waals surface area contributed by atoms with E-state index in [0.29, 0.717) is 6.04 Å². The molecule has 1 heterocycles. The molecule has 132 valence electrons. The van der Waals surface area contributed by atoms with E-state index in [1.165, 1.54) is 18.4 Å². The third-order valence-electron chi connectivity index (χ3n) is 5.33. The van der Waals surface area contributed by atoms with E-state index in [-0.39, 0.29) is 11.9 Å². The van der Waals surface area contributed by atoms with Gasteiger partial charge in [-0.1, -0.05) is 36.6 Å². The summed E-state index contributed by atoms with van der Waals surface area (Å²) < 4.78 is 0. The smallest absolute Gasteiger partial charge is 0.237 e. The third-order valence-corrected chi connectivity index (χ3v) is 5.57. The van der Waals surface area contributed by atoms with E-state index < -0.39 is 0 Å². The van der Waals surface area contributed by atoms with E-state index in [4.69, 9.17) is 11.6 Å². The quantitative estimate of drug-likeness (QED) is 0.887. The average Bonchev–Trinajstić information content (AvgIpc) is 3.08. The molecule has 2 aliphatic rings. The van der Waals surface area contributed by atoms with Gasteiger partial charge in [-0.25, -0.2) is 0 Å². The van der Waals surface area contributed by atoms with E-state index in [9.17, 15) is 4.79 Å². The molecular weight excluding hydrogens is 322 g/mol. The van der Waals surface area contributed by atoms with Gasteiger partial charge in [-0.05, 0) is 37.5 Å². The summed E-state index contributed by atoms with van der Waals surface area (Å²) in [5, 5.41) is 4.02. The maximum Gasteiger partial charge on any atom is 0.237 e.